The predicted octanol–water partition coefficient (Wildman–Crippen LogP) is 5.73. The number of halogens is 2. The topological polar surface area (TPSA) is 67.0 Å². The van der Waals surface area contributed by atoms with Crippen LogP contribution in [0.15, 0.2) is 53.7 Å². The fourth-order valence-electron chi connectivity index (χ4n) is 4.25. The molecule has 1 aliphatic heterocycles. The van der Waals surface area contributed by atoms with Gasteiger partial charge in [0, 0.05) is 12.2 Å². The zero-order valence-corrected chi connectivity index (χ0v) is 19.7. The first-order chi connectivity index (χ1) is 16.5. The van der Waals surface area contributed by atoms with E-state index in [1.165, 1.54) is 11.8 Å². The van der Waals surface area contributed by atoms with Crippen molar-refractivity contribution < 1.29 is 18.3 Å². The van der Waals surface area contributed by atoms with E-state index in [-0.39, 0.29) is 11.4 Å². The minimum atomic E-state index is -2.69. The quantitative estimate of drug-likeness (QED) is 0.297. The van der Waals surface area contributed by atoms with Crippen LogP contribution in [0.4, 0.5) is 8.78 Å². The average molecular weight is 486 g/mol. The molecule has 2 aromatic heterocycles. The van der Waals surface area contributed by atoms with Crippen LogP contribution < -0.4 is 4.74 Å². The summed E-state index contributed by atoms with van der Waals surface area (Å²) in [4.78, 5) is 4.51. The molecule has 2 aromatic carbocycles. The van der Waals surface area contributed by atoms with E-state index < -0.39 is 6.55 Å². The molecule has 0 spiro atoms. The highest BCUT2D eigenvalue weighted by Crippen LogP contribution is 2.38. The van der Waals surface area contributed by atoms with Crippen molar-refractivity contribution in [3.8, 4) is 17.1 Å². The summed E-state index contributed by atoms with van der Waals surface area (Å²) in [6, 6.07) is 14.6. The second kappa shape index (κ2) is 9.71. The Morgan fingerprint density at radius 2 is 1.94 bits per heavy atom. The maximum Gasteiger partial charge on any atom is 0.320 e. The maximum absolute atomic E-state index is 14.0. The van der Waals surface area contributed by atoms with Crippen molar-refractivity contribution in [3.63, 3.8) is 0 Å². The highest BCUT2D eigenvalue weighted by molar-refractivity contribution is 7.99. The molecule has 0 saturated carbocycles. The molecule has 0 bridgehead atoms. The number of hydrogen-bond donors (Lipinski definition) is 0. The number of ether oxygens (including phenoxy) is 2. The average Bonchev–Trinajstić information content (AvgIpc) is 3.58. The lowest BCUT2D eigenvalue weighted by atomic mass is 10.2. The molecule has 0 N–H and O–H groups in total. The fourth-order valence-corrected chi connectivity index (χ4v) is 5.22. The first-order valence-corrected chi connectivity index (χ1v) is 12.0. The lowest BCUT2D eigenvalue weighted by Crippen LogP contribution is -2.17. The van der Waals surface area contributed by atoms with Crippen LogP contribution in [-0.2, 0) is 11.3 Å². The van der Waals surface area contributed by atoms with Gasteiger partial charge in [0.2, 0.25) is 0 Å². The van der Waals surface area contributed by atoms with Crippen LogP contribution >= 0.6 is 11.8 Å². The van der Waals surface area contributed by atoms with Crippen LogP contribution in [-0.4, -0.2) is 44.1 Å². The molecule has 0 radical (unpaired) electrons. The number of fused-ring (bicyclic) bond motifs is 1. The monoisotopic (exact) mass is 485 g/mol. The van der Waals surface area contributed by atoms with Gasteiger partial charge in [-0.1, -0.05) is 23.9 Å². The number of thioether (sulfide) groups is 1. The van der Waals surface area contributed by atoms with Crippen LogP contribution in [0.5, 0.6) is 5.75 Å². The van der Waals surface area contributed by atoms with Crippen molar-refractivity contribution in [3.05, 3.63) is 54.4 Å². The first-order valence-electron chi connectivity index (χ1n) is 11.2. The van der Waals surface area contributed by atoms with Crippen LogP contribution in [0.3, 0.4) is 0 Å². The summed E-state index contributed by atoms with van der Waals surface area (Å²) in [5, 5.41) is 9.15. The molecule has 1 aliphatic rings. The Kier molecular flexibility index (Phi) is 6.51. The summed E-state index contributed by atoms with van der Waals surface area (Å²) in [7, 11) is 1.62. The fraction of sp³-hybridized carbons (Fsp3) is 0.375. The van der Waals surface area contributed by atoms with Crippen molar-refractivity contribution in [2.45, 2.75) is 49.4 Å². The summed E-state index contributed by atoms with van der Waals surface area (Å²) in [6.07, 6.45) is 2.04. The molecule has 0 amide bonds. The largest absolute Gasteiger partial charge is 0.497 e. The molecular formula is C24H25F2N5O2S. The van der Waals surface area contributed by atoms with Crippen molar-refractivity contribution in [1.29, 1.82) is 0 Å². The Bertz CT molecular complexity index is 1270. The highest BCUT2D eigenvalue weighted by Gasteiger charge is 2.27. The first kappa shape index (κ1) is 22.8. The number of alkyl halides is 2. The minimum absolute atomic E-state index is 0.0632. The van der Waals surface area contributed by atoms with Gasteiger partial charge in [0.05, 0.1) is 36.0 Å². The molecule has 2 atom stereocenters. The molecule has 10 heteroatoms. The van der Waals surface area contributed by atoms with E-state index in [1.54, 1.807) is 31.4 Å². The van der Waals surface area contributed by atoms with Gasteiger partial charge in [-0.3, -0.25) is 9.13 Å². The number of para-hydroxylation sites is 2. The third-order valence-electron chi connectivity index (χ3n) is 5.94. The second-order valence-corrected chi connectivity index (χ2v) is 9.45. The number of imidazole rings is 1. The lowest BCUT2D eigenvalue weighted by molar-refractivity contribution is 0.0715. The molecule has 4 aromatic rings. The predicted molar refractivity (Wildman–Crippen MR) is 126 cm³/mol. The van der Waals surface area contributed by atoms with Gasteiger partial charge in [-0.15, -0.1) is 10.2 Å². The molecule has 1 saturated heterocycles. The number of methoxy groups -OCH3 is 1. The van der Waals surface area contributed by atoms with E-state index in [0.29, 0.717) is 34.4 Å². The van der Waals surface area contributed by atoms with E-state index in [9.17, 15) is 8.78 Å². The molecule has 0 aliphatic carbocycles. The third-order valence-corrected chi connectivity index (χ3v) is 7.02. The van der Waals surface area contributed by atoms with Crippen molar-refractivity contribution >= 4 is 22.8 Å². The van der Waals surface area contributed by atoms with Crippen LogP contribution in [0.2, 0.25) is 0 Å². The molecule has 1 fully saturated rings. The Labute approximate surface area is 200 Å². The normalized spacial score (nSPS) is 17.0. The summed E-state index contributed by atoms with van der Waals surface area (Å²) in [5.74, 6) is 1.76. The molecule has 34 heavy (non-hydrogen) atoms. The van der Waals surface area contributed by atoms with Gasteiger partial charge in [-0.25, -0.2) is 4.98 Å². The summed E-state index contributed by atoms with van der Waals surface area (Å²) < 4.78 is 42.1. The van der Waals surface area contributed by atoms with E-state index in [0.717, 1.165) is 35.3 Å². The lowest BCUT2D eigenvalue weighted by Gasteiger charge is -2.17. The van der Waals surface area contributed by atoms with E-state index in [4.69, 9.17) is 9.47 Å². The third kappa shape index (κ3) is 4.39. The molecule has 5 rings (SSSR count). The highest BCUT2D eigenvalue weighted by atomic mass is 32.2. The Hall–Kier alpha value is -2.98. The Morgan fingerprint density at radius 1 is 1.15 bits per heavy atom. The molecule has 178 valence electrons. The molecule has 2 unspecified atom stereocenters. The molecule has 7 nitrogen and oxygen atoms in total. The van der Waals surface area contributed by atoms with Gasteiger partial charge in [-0.2, -0.15) is 8.78 Å². The Morgan fingerprint density at radius 3 is 2.65 bits per heavy atom. The smallest absolute Gasteiger partial charge is 0.320 e. The van der Waals surface area contributed by atoms with Gasteiger partial charge in [-0.05, 0) is 56.2 Å². The molecule has 3 heterocycles. The van der Waals surface area contributed by atoms with Crippen molar-refractivity contribution in [1.82, 2.24) is 24.3 Å². The number of rotatable bonds is 8. The molecular weight excluding hydrogens is 460 g/mol. The zero-order chi connectivity index (χ0) is 23.7. The minimum Gasteiger partial charge on any atom is -0.497 e. The SMILES string of the molecule is COc1ccc(-c2nnc(SC(C)c3nc4ccccc4n3C(F)F)n2CC2CCCO2)cc1. The van der Waals surface area contributed by atoms with E-state index >= 15 is 0 Å². The van der Waals surface area contributed by atoms with Crippen LogP contribution in [0.25, 0.3) is 22.4 Å². The number of hydrogen-bond acceptors (Lipinski definition) is 6. The van der Waals surface area contributed by atoms with Gasteiger partial charge < -0.3 is 9.47 Å². The Balaban J connectivity index is 1.50. The number of aromatic nitrogens is 5. The summed E-state index contributed by atoms with van der Waals surface area (Å²) in [6.45, 7) is 0.504. The zero-order valence-electron chi connectivity index (χ0n) is 18.9. The van der Waals surface area contributed by atoms with Gasteiger partial charge in [0.25, 0.3) is 0 Å². The summed E-state index contributed by atoms with van der Waals surface area (Å²) >= 11 is 1.37. The van der Waals surface area contributed by atoms with Gasteiger partial charge in [0.15, 0.2) is 11.0 Å². The van der Waals surface area contributed by atoms with Crippen LogP contribution in [0, 0.1) is 0 Å². The van der Waals surface area contributed by atoms with E-state index in [2.05, 4.69) is 15.2 Å². The van der Waals surface area contributed by atoms with E-state index in [1.807, 2.05) is 35.8 Å². The second-order valence-electron chi connectivity index (χ2n) is 8.15. The van der Waals surface area contributed by atoms with Gasteiger partial charge >= 0.3 is 6.55 Å². The summed E-state index contributed by atoms with van der Waals surface area (Å²) in [5.41, 5.74) is 1.86. The van der Waals surface area contributed by atoms with Gasteiger partial charge in [0.1, 0.15) is 11.6 Å². The van der Waals surface area contributed by atoms with Crippen LogP contribution in [0.1, 0.15) is 37.4 Å². The van der Waals surface area contributed by atoms with Crippen molar-refractivity contribution in [2.75, 3.05) is 13.7 Å². The maximum atomic E-state index is 14.0. The number of nitrogens with zero attached hydrogens (tertiary/aromatic N) is 5. The number of benzene rings is 2. The standard InChI is InChI=1S/C24H25F2N5O2S/c1-15(21-27-19-7-3-4-8-20(19)31(21)23(25)26)34-24-29-28-22(16-9-11-17(32-2)12-10-16)30(24)14-18-6-5-13-33-18/h3-4,7-12,15,18,23H,5-6,13-14H2,1-2H3. The van der Waals surface area contributed by atoms with Crippen molar-refractivity contribution in [2.24, 2.45) is 0 Å².